The van der Waals surface area contributed by atoms with Crippen LogP contribution in [0.2, 0.25) is 5.02 Å². The maximum atomic E-state index is 13.9. The fourth-order valence-corrected chi connectivity index (χ4v) is 5.87. The predicted octanol–water partition coefficient (Wildman–Crippen LogP) is 4.68. The zero-order valence-corrected chi connectivity index (χ0v) is 21.4. The third kappa shape index (κ3) is 4.82. The highest BCUT2D eigenvalue weighted by atomic mass is 35.5. The van der Waals surface area contributed by atoms with Crippen molar-refractivity contribution in [2.75, 3.05) is 39.4 Å². The van der Waals surface area contributed by atoms with Crippen LogP contribution in [-0.2, 0) is 9.53 Å². The molecule has 1 amide bonds. The second-order valence-corrected chi connectivity index (χ2v) is 10.2. The number of nitrogens with zero attached hydrogens (tertiary/aromatic N) is 3. The number of Topliss-reactive ketones (excluding diaryl/α,β-unsaturated/α-hetero) is 1. The van der Waals surface area contributed by atoms with E-state index in [2.05, 4.69) is 9.88 Å². The first kappa shape index (κ1) is 24.6. The van der Waals surface area contributed by atoms with Crippen LogP contribution in [0.25, 0.3) is 10.6 Å². The molecule has 0 radical (unpaired) electrons. The molecule has 1 fully saturated rings. The van der Waals surface area contributed by atoms with Crippen LogP contribution in [-0.4, -0.2) is 71.0 Å². The molecule has 2 aromatic carbocycles. The van der Waals surface area contributed by atoms with E-state index >= 15 is 0 Å². The summed E-state index contributed by atoms with van der Waals surface area (Å²) < 4.78 is 5.42. The van der Waals surface area contributed by atoms with Crippen molar-refractivity contribution in [2.24, 2.45) is 0 Å². The number of carbonyl (C=O) groups excluding carboxylic acids is 2. The van der Waals surface area contributed by atoms with Crippen molar-refractivity contribution in [1.29, 1.82) is 0 Å². The van der Waals surface area contributed by atoms with Gasteiger partial charge in [0.1, 0.15) is 5.01 Å². The fourth-order valence-electron chi connectivity index (χ4n) is 4.65. The van der Waals surface area contributed by atoms with Crippen LogP contribution in [0.1, 0.15) is 27.0 Å². The Balaban J connectivity index is 1.50. The number of hydrogen-bond donors (Lipinski definition) is 1. The van der Waals surface area contributed by atoms with Crippen molar-refractivity contribution < 1.29 is 19.4 Å². The van der Waals surface area contributed by atoms with Gasteiger partial charge in [0.15, 0.2) is 5.76 Å². The zero-order valence-electron chi connectivity index (χ0n) is 19.8. The quantitative estimate of drug-likeness (QED) is 0.453. The summed E-state index contributed by atoms with van der Waals surface area (Å²) in [5, 5.41) is 12.2. The van der Waals surface area contributed by atoms with E-state index in [1.165, 1.54) is 11.3 Å². The molecule has 1 N–H and O–H groups in total. The number of benzene rings is 2. The monoisotopic (exact) mass is 523 g/mol. The average Bonchev–Trinajstić information content (AvgIpc) is 3.41. The summed E-state index contributed by atoms with van der Waals surface area (Å²) in [4.78, 5) is 36.0. The van der Waals surface area contributed by atoms with Gasteiger partial charge in [0, 0.05) is 36.8 Å². The van der Waals surface area contributed by atoms with Crippen molar-refractivity contribution in [2.45, 2.75) is 13.0 Å². The lowest BCUT2D eigenvalue weighted by molar-refractivity contribution is -0.129. The molecule has 1 saturated heterocycles. The van der Waals surface area contributed by atoms with Gasteiger partial charge < -0.3 is 14.7 Å². The maximum absolute atomic E-state index is 13.9. The molecule has 36 heavy (non-hydrogen) atoms. The summed E-state index contributed by atoms with van der Waals surface area (Å²) >= 11 is 7.55. The highest BCUT2D eigenvalue weighted by Crippen LogP contribution is 2.41. The number of aromatic nitrogens is 1. The predicted molar refractivity (Wildman–Crippen MR) is 139 cm³/mol. The lowest BCUT2D eigenvalue weighted by atomic mass is 9.95. The summed E-state index contributed by atoms with van der Waals surface area (Å²) in [6, 6.07) is 16.0. The van der Waals surface area contributed by atoms with Gasteiger partial charge in [-0.1, -0.05) is 54.1 Å². The number of ketones is 1. The van der Waals surface area contributed by atoms with Crippen LogP contribution in [0.5, 0.6) is 0 Å². The number of aryl methyl sites for hydroxylation is 1. The first-order valence-corrected chi connectivity index (χ1v) is 13.0. The summed E-state index contributed by atoms with van der Waals surface area (Å²) in [7, 11) is 0. The second-order valence-electron chi connectivity index (χ2n) is 8.80. The van der Waals surface area contributed by atoms with Gasteiger partial charge in [0.05, 0.1) is 35.4 Å². The molecular weight excluding hydrogens is 498 g/mol. The summed E-state index contributed by atoms with van der Waals surface area (Å²) in [5.41, 5.74) is 2.21. The fraction of sp³-hybridized carbons (Fsp3) is 0.296. The number of rotatable bonds is 7. The van der Waals surface area contributed by atoms with Crippen LogP contribution in [0.3, 0.4) is 0 Å². The van der Waals surface area contributed by atoms with Gasteiger partial charge in [-0.15, -0.1) is 11.3 Å². The first-order chi connectivity index (χ1) is 17.4. The van der Waals surface area contributed by atoms with E-state index in [1.807, 2.05) is 36.4 Å². The number of morpholine rings is 1. The molecule has 3 heterocycles. The lowest BCUT2D eigenvalue weighted by Crippen LogP contribution is -2.43. The summed E-state index contributed by atoms with van der Waals surface area (Å²) in [6.45, 7) is 5.58. The third-order valence-electron chi connectivity index (χ3n) is 6.50. The standard InChI is InChI=1S/C27H26ClN3O4S/c1-17-25(36-26(29-17)18-6-3-2-4-7-18)23(32)21-22(19-8-5-9-20(28)16-19)31(27(34)24(21)33)11-10-30-12-14-35-15-13-30/h2-9,16,22,33H,10-15H2,1H3. The minimum atomic E-state index is -0.744. The molecule has 1 atom stereocenters. The number of amides is 1. The minimum Gasteiger partial charge on any atom is -0.503 e. The molecule has 0 spiro atoms. The van der Waals surface area contributed by atoms with Crippen LogP contribution >= 0.6 is 22.9 Å². The Morgan fingerprint density at radius 1 is 1.14 bits per heavy atom. The van der Waals surface area contributed by atoms with Crippen molar-refractivity contribution in [1.82, 2.24) is 14.8 Å². The Morgan fingerprint density at radius 2 is 1.89 bits per heavy atom. The molecule has 1 unspecified atom stereocenters. The van der Waals surface area contributed by atoms with Crippen molar-refractivity contribution in [3.63, 3.8) is 0 Å². The van der Waals surface area contributed by atoms with E-state index in [4.69, 9.17) is 16.3 Å². The smallest absolute Gasteiger partial charge is 0.290 e. The van der Waals surface area contributed by atoms with E-state index < -0.39 is 23.5 Å². The number of ether oxygens (including phenoxy) is 1. The van der Waals surface area contributed by atoms with Gasteiger partial charge in [0.2, 0.25) is 5.78 Å². The Morgan fingerprint density at radius 3 is 2.61 bits per heavy atom. The van der Waals surface area contributed by atoms with Crippen LogP contribution in [0.4, 0.5) is 0 Å². The molecule has 186 valence electrons. The molecular formula is C27H26ClN3O4S. The summed E-state index contributed by atoms with van der Waals surface area (Å²) in [6.07, 6.45) is 0. The SMILES string of the molecule is Cc1nc(-c2ccccc2)sc1C(=O)C1=C(O)C(=O)N(CCN2CCOCC2)C1c1cccc(Cl)c1. The second kappa shape index (κ2) is 10.5. The molecule has 0 aliphatic carbocycles. The molecule has 0 saturated carbocycles. The number of hydrogen-bond acceptors (Lipinski definition) is 7. The van der Waals surface area contributed by atoms with E-state index in [1.54, 1.807) is 30.0 Å². The summed E-state index contributed by atoms with van der Waals surface area (Å²) in [5.74, 6) is -1.46. The van der Waals surface area contributed by atoms with Crippen LogP contribution < -0.4 is 0 Å². The molecule has 2 aliphatic heterocycles. The molecule has 3 aromatic rings. The number of aliphatic hydroxyl groups is 1. The van der Waals surface area contributed by atoms with E-state index in [0.29, 0.717) is 52.5 Å². The highest BCUT2D eigenvalue weighted by Gasteiger charge is 2.44. The number of halogens is 1. The van der Waals surface area contributed by atoms with Crippen LogP contribution in [0, 0.1) is 6.92 Å². The molecule has 7 nitrogen and oxygen atoms in total. The van der Waals surface area contributed by atoms with Gasteiger partial charge in [-0.05, 0) is 24.6 Å². The zero-order chi connectivity index (χ0) is 25.2. The molecule has 5 rings (SSSR count). The minimum absolute atomic E-state index is 0.0654. The van der Waals surface area contributed by atoms with E-state index in [0.717, 1.165) is 18.7 Å². The molecule has 0 bridgehead atoms. The normalized spacial score (nSPS) is 18.8. The molecule has 1 aromatic heterocycles. The Bertz CT molecular complexity index is 1320. The maximum Gasteiger partial charge on any atom is 0.290 e. The largest absolute Gasteiger partial charge is 0.503 e. The number of aliphatic hydroxyl groups excluding tert-OH is 1. The first-order valence-electron chi connectivity index (χ1n) is 11.8. The highest BCUT2D eigenvalue weighted by molar-refractivity contribution is 7.17. The van der Waals surface area contributed by atoms with Crippen molar-refractivity contribution >= 4 is 34.6 Å². The molecule has 9 heteroatoms. The van der Waals surface area contributed by atoms with Gasteiger partial charge >= 0.3 is 0 Å². The van der Waals surface area contributed by atoms with Gasteiger partial charge in [-0.2, -0.15) is 0 Å². The van der Waals surface area contributed by atoms with Gasteiger partial charge in [-0.3, -0.25) is 14.5 Å². The Labute approximate surface area is 218 Å². The lowest BCUT2D eigenvalue weighted by Gasteiger charge is -2.31. The van der Waals surface area contributed by atoms with Gasteiger partial charge in [-0.25, -0.2) is 4.98 Å². The topological polar surface area (TPSA) is 83.0 Å². The van der Waals surface area contributed by atoms with Crippen LogP contribution in [0.15, 0.2) is 65.9 Å². The number of carbonyl (C=O) groups is 2. The van der Waals surface area contributed by atoms with Gasteiger partial charge in [0.25, 0.3) is 5.91 Å². The number of thiazole rings is 1. The van der Waals surface area contributed by atoms with E-state index in [-0.39, 0.29) is 5.57 Å². The molecule has 2 aliphatic rings. The van der Waals surface area contributed by atoms with Crippen molar-refractivity contribution in [3.8, 4) is 10.6 Å². The average molecular weight is 524 g/mol. The Hall–Kier alpha value is -3.04. The van der Waals surface area contributed by atoms with E-state index in [9.17, 15) is 14.7 Å². The Kier molecular flexibility index (Phi) is 7.20. The van der Waals surface area contributed by atoms with Crippen molar-refractivity contribution in [3.05, 3.63) is 87.1 Å². The third-order valence-corrected chi connectivity index (χ3v) is 7.94.